The molecular weight excluding hydrogens is 174 g/mol. The highest BCUT2D eigenvalue weighted by Gasteiger charge is 2.17. The number of halogens is 2. The number of hydrazone groups is 1. The number of benzene rings is 1. The number of rotatable bonds is 1. The zero-order valence-electron chi connectivity index (χ0n) is 6.87. The summed E-state index contributed by atoms with van der Waals surface area (Å²) in [7, 11) is 0. The first-order chi connectivity index (χ1) is 6.29. The van der Waals surface area contributed by atoms with Crippen LogP contribution in [0.2, 0.25) is 0 Å². The fourth-order valence-corrected chi connectivity index (χ4v) is 1.30. The van der Waals surface area contributed by atoms with Crippen molar-refractivity contribution < 1.29 is 8.78 Å². The third-order valence-corrected chi connectivity index (χ3v) is 1.89. The molecule has 2 nitrogen and oxygen atoms in total. The van der Waals surface area contributed by atoms with Gasteiger partial charge in [0.1, 0.15) is 5.69 Å². The minimum atomic E-state index is -0.570. The van der Waals surface area contributed by atoms with E-state index in [0.717, 1.165) is 6.42 Å². The minimum Gasteiger partial charge on any atom is -0.260 e. The van der Waals surface area contributed by atoms with E-state index in [1.54, 1.807) is 6.21 Å². The van der Waals surface area contributed by atoms with Crippen molar-refractivity contribution in [3.63, 3.8) is 0 Å². The molecule has 1 aliphatic heterocycles. The smallest absolute Gasteiger partial charge is 0.151 e. The Balaban J connectivity index is 2.43. The number of nitrogens with zero attached hydrogens (tertiary/aromatic N) is 2. The lowest BCUT2D eigenvalue weighted by Gasteiger charge is -2.14. The van der Waals surface area contributed by atoms with Gasteiger partial charge in [-0.05, 0) is 12.1 Å². The topological polar surface area (TPSA) is 15.6 Å². The second-order valence-corrected chi connectivity index (χ2v) is 2.78. The molecule has 0 fully saturated rings. The van der Waals surface area contributed by atoms with Crippen LogP contribution in [-0.4, -0.2) is 12.8 Å². The van der Waals surface area contributed by atoms with E-state index >= 15 is 0 Å². The second-order valence-electron chi connectivity index (χ2n) is 2.78. The van der Waals surface area contributed by atoms with E-state index < -0.39 is 11.6 Å². The molecule has 0 bridgehead atoms. The summed E-state index contributed by atoms with van der Waals surface area (Å²) in [6.45, 7) is 0.540. The summed E-state index contributed by atoms with van der Waals surface area (Å²) in [6.07, 6.45) is 2.37. The van der Waals surface area contributed by atoms with Crippen LogP contribution in [0.3, 0.4) is 0 Å². The molecule has 0 saturated carbocycles. The fourth-order valence-electron chi connectivity index (χ4n) is 1.30. The SMILES string of the molecule is Fc1cccc(F)c1N1CCC=N1. The first kappa shape index (κ1) is 8.16. The molecule has 0 radical (unpaired) electrons. The lowest BCUT2D eigenvalue weighted by atomic mass is 10.3. The summed E-state index contributed by atoms with van der Waals surface area (Å²) in [5, 5.41) is 5.19. The first-order valence-corrected chi connectivity index (χ1v) is 4.03. The van der Waals surface area contributed by atoms with E-state index in [9.17, 15) is 8.78 Å². The Hall–Kier alpha value is -1.45. The van der Waals surface area contributed by atoms with Gasteiger partial charge in [-0.2, -0.15) is 5.10 Å². The molecule has 4 heteroatoms. The van der Waals surface area contributed by atoms with Crippen molar-refractivity contribution in [2.75, 3.05) is 11.6 Å². The van der Waals surface area contributed by atoms with E-state index in [2.05, 4.69) is 5.10 Å². The standard InChI is InChI=1S/C9H8F2N2/c10-7-3-1-4-8(11)9(7)13-6-2-5-12-13/h1,3-5H,2,6H2. The van der Waals surface area contributed by atoms with Gasteiger partial charge in [-0.1, -0.05) is 6.07 Å². The Morgan fingerprint density at radius 2 is 1.92 bits per heavy atom. The Kier molecular flexibility index (Phi) is 1.96. The molecule has 2 rings (SSSR count). The molecule has 0 amide bonds. The van der Waals surface area contributed by atoms with E-state index in [0.29, 0.717) is 6.54 Å². The van der Waals surface area contributed by atoms with Crippen molar-refractivity contribution in [1.29, 1.82) is 0 Å². The van der Waals surface area contributed by atoms with Gasteiger partial charge in [-0.25, -0.2) is 8.78 Å². The highest BCUT2D eigenvalue weighted by molar-refractivity contribution is 5.65. The fraction of sp³-hybridized carbons (Fsp3) is 0.222. The minimum absolute atomic E-state index is 0.0590. The van der Waals surface area contributed by atoms with Crippen LogP contribution in [0.15, 0.2) is 23.3 Å². The molecule has 68 valence electrons. The van der Waals surface area contributed by atoms with E-state index in [-0.39, 0.29) is 5.69 Å². The molecule has 0 aromatic heterocycles. The maximum atomic E-state index is 13.1. The molecular formula is C9H8F2N2. The van der Waals surface area contributed by atoms with Crippen LogP contribution in [-0.2, 0) is 0 Å². The Morgan fingerprint density at radius 3 is 2.46 bits per heavy atom. The van der Waals surface area contributed by atoms with Crippen molar-refractivity contribution in [2.45, 2.75) is 6.42 Å². The Labute approximate surface area is 74.5 Å². The largest absolute Gasteiger partial charge is 0.260 e. The number of hydrogen-bond acceptors (Lipinski definition) is 2. The highest BCUT2D eigenvalue weighted by atomic mass is 19.1. The monoisotopic (exact) mass is 182 g/mol. The third-order valence-electron chi connectivity index (χ3n) is 1.89. The summed E-state index contributed by atoms with van der Waals surface area (Å²) in [4.78, 5) is 0. The Bertz CT molecular complexity index is 329. The van der Waals surface area contributed by atoms with Crippen LogP contribution in [0, 0.1) is 11.6 Å². The van der Waals surface area contributed by atoms with Gasteiger partial charge in [0, 0.05) is 19.2 Å². The van der Waals surface area contributed by atoms with Crippen molar-refractivity contribution in [3.8, 4) is 0 Å². The molecule has 1 aromatic rings. The van der Waals surface area contributed by atoms with Crippen molar-refractivity contribution >= 4 is 11.9 Å². The molecule has 0 atom stereocenters. The normalized spacial score (nSPS) is 15.4. The van der Waals surface area contributed by atoms with E-state index in [4.69, 9.17) is 0 Å². The highest BCUT2D eigenvalue weighted by Crippen LogP contribution is 2.24. The first-order valence-electron chi connectivity index (χ1n) is 4.03. The van der Waals surface area contributed by atoms with Gasteiger partial charge in [-0.3, -0.25) is 5.01 Å². The van der Waals surface area contributed by atoms with Crippen LogP contribution in [0.1, 0.15) is 6.42 Å². The van der Waals surface area contributed by atoms with Crippen molar-refractivity contribution in [2.24, 2.45) is 5.10 Å². The summed E-state index contributed by atoms with van der Waals surface area (Å²) < 4.78 is 26.3. The third kappa shape index (κ3) is 1.39. The van der Waals surface area contributed by atoms with Gasteiger partial charge in [0.05, 0.1) is 0 Å². The number of hydrogen-bond donors (Lipinski definition) is 0. The zero-order chi connectivity index (χ0) is 9.26. The summed E-state index contributed by atoms with van der Waals surface area (Å²) >= 11 is 0. The van der Waals surface area contributed by atoms with Gasteiger partial charge in [0.2, 0.25) is 0 Å². The molecule has 1 heterocycles. The quantitative estimate of drug-likeness (QED) is 0.649. The molecule has 0 unspecified atom stereocenters. The van der Waals surface area contributed by atoms with E-state index in [1.807, 2.05) is 0 Å². The van der Waals surface area contributed by atoms with Crippen LogP contribution < -0.4 is 5.01 Å². The van der Waals surface area contributed by atoms with Gasteiger partial charge in [0.25, 0.3) is 0 Å². The van der Waals surface area contributed by atoms with Gasteiger partial charge in [-0.15, -0.1) is 0 Å². The van der Waals surface area contributed by atoms with Crippen molar-refractivity contribution in [1.82, 2.24) is 0 Å². The molecule has 0 saturated heterocycles. The predicted molar refractivity (Wildman–Crippen MR) is 46.8 cm³/mol. The molecule has 1 aliphatic rings. The van der Waals surface area contributed by atoms with Crippen LogP contribution >= 0.6 is 0 Å². The number of anilines is 1. The molecule has 0 spiro atoms. The molecule has 1 aromatic carbocycles. The molecule has 0 N–H and O–H groups in total. The number of para-hydroxylation sites is 1. The maximum Gasteiger partial charge on any atom is 0.151 e. The van der Waals surface area contributed by atoms with Crippen LogP contribution in [0.25, 0.3) is 0 Å². The summed E-state index contributed by atoms with van der Waals surface area (Å²) in [6, 6.07) is 3.80. The molecule has 0 aliphatic carbocycles. The van der Waals surface area contributed by atoms with Gasteiger partial charge in [0.15, 0.2) is 11.6 Å². The van der Waals surface area contributed by atoms with Gasteiger partial charge < -0.3 is 0 Å². The average molecular weight is 182 g/mol. The lowest BCUT2D eigenvalue weighted by molar-refractivity contribution is 0.576. The summed E-state index contributed by atoms with van der Waals surface area (Å²) in [5.74, 6) is -1.14. The van der Waals surface area contributed by atoms with Crippen LogP contribution in [0.5, 0.6) is 0 Å². The predicted octanol–water partition coefficient (Wildman–Crippen LogP) is 2.16. The average Bonchev–Trinajstić information content (AvgIpc) is 2.57. The van der Waals surface area contributed by atoms with Crippen LogP contribution in [0.4, 0.5) is 14.5 Å². The Morgan fingerprint density at radius 1 is 1.23 bits per heavy atom. The van der Waals surface area contributed by atoms with Crippen molar-refractivity contribution in [3.05, 3.63) is 29.8 Å². The maximum absolute atomic E-state index is 13.1. The second kappa shape index (κ2) is 3.12. The van der Waals surface area contributed by atoms with E-state index in [1.165, 1.54) is 23.2 Å². The lowest BCUT2D eigenvalue weighted by Crippen LogP contribution is -2.15. The summed E-state index contributed by atoms with van der Waals surface area (Å²) in [5.41, 5.74) is -0.0590. The molecule has 13 heavy (non-hydrogen) atoms. The zero-order valence-corrected chi connectivity index (χ0v) is 6.87. The van der Waals surface area contributed by atoms with Gasteiger partial charge >= 0.3 is 0 Å².